The Morgan fingerprint density at radius 3 is 2.63 bits per heavy atom. The largest absolute Gasteiger partial charge is 0.489 e. The predicted octanol–water partition coefficient (Wildman–Crippen LogP) is 5.99. The molecule has 0 fully saturated rings. The van der Waals surface area contributed by atoms with Crippen molar-refractivity contribution in [3.05, 3.63) is 69.2 Å². The van der Waals surface area contributed by atoms with Gasteiger partial charge in [-0.1, -0.05) is 35.9 Å². The zero-order valence-electron chi connectivity index (χ0n) is 15.8. The van der Waals surface area contributed by atoms with Gasteiger partial charge in [-0.15, -0.1) is 0 Å². The average molecular weight is 385 g/mol. The Bertz CT molecular complexity index is 883. The molecule has 1 N–H and O–H groups in total. The Kier molecular flexibility index (Phi) is 6.22. The molecule has 0 saturated heterocycles. The molecule has 0 unspecified atom stereocenters. The number of carbonyl (C=O) groups is 1. The van der Waals surface area contributed by atoms with Crippen molar-refractivity contribution in [1.82, 2.24) is 0 Å². The van der Waals surface area contributed by atoms with Gasteiger partial charge in [-0.2, -0.15) is 0 Å². The summed E-state index contributed by atoms with van der Waals surface area (Å²) >= 11 is 6.39. The van der Waals surface area contributed by atoms with Crippen LogP contribution >= 0.6 is 11.6 Å². The van der Waals surface area contributed by atoms with Crippen LogP contribution in [-0.4, -0.2) is 17.7 Å². The van der Waals surface area contributed by atoms with Gasteiger partial charge in [0, 0.05) is 11.4 Å². The van der Waals surface area contributed by atoms with Gasteiger partial charge < -0.3 is 9.84 Å². The number of rotatable bonds is 7. The maximum atomic E-state index is 10.8. The first kappa shape index (κ1) is 19.5. The molecule has 0 heterocycles. The van der Waals surface area contributed by atoms with E-state index in [1.165, 1.54) is 11.1 Å². The predicted molar refractivity (Wildman–Crippen MR) is 110 cm³/mol. The molecule has 3 rings (SSSR count). The fourth-order valence-corrected chi connectivity index (χ4v) is 3.93. The molecule has 1 aliphatic carbocycles. The van der Waals surface area contributed by atoms with E-state index in [0.29, 0.717) is 13.0 Å². The zero-order chi connectivity index (χ0) is 19.4. The van der Waals surface area contributed by atoms with Crippen molar-refractivity contribution >= 4 is 23.1 Å². The number of benzene rings is 2. The highest BCUT2D eigenvalue weighted by Gasteiger charge is 2.19. The van der Waals surface area contributed by atoms with Gasteiger partial charge in [-0.3, -0.25) is 4.79 Å². The number of hydrogen-bond acceptors (Lipinski definition) is 2. The third kappa shape index (κ3) is 4.54. The summed E-state index contributed by atoms with van der Waals surface area (Å²) in [5, 5.41) is 9.69. The van der Waals surface area contributed by atoms with Crippen molar-refractivity contribution in [2.24, 2.45) is 0 Å². The van der Waals surface area contributed by atoms with Gasteiger partial charge in [0.15, 0.2) is 0 Å². The maximum Gasteiger partial charge on any atom is 0.303 e. The topological polar surface area (TPSA) is 46.5 Å². The Hall–Kier alpha value is -2.26. The molecule has 0 spiro atoms. The smallest absolute Gasteiger partial charge is 0.303 e. The van der Waals surface area contributed by atoms with E-state index in [-0.39, 0.29) is 6.42 Å². The Labute approximate surface area is 165 Å². The lowest BCUT2D eigenvalue weighted by Gasteiger charge is -2.16. The van der Waals surface area contributed by atoms with Crippen LogP contribution in [0.2, 0.25) is 5.02 Å². The average Bonchev–Trinajstić information content (AvgIpc) is 3.10. The second-order valence-electron chi connectivity index (χ2n) is 7.07. The highest BCUT2D eigenvalue weighted by atomic mass is 35.5. The quantitative estimate of drug-likeness (QED) is 0.637. The summed E-state index contributed by atoms with van der Waals surface area (Å²) in [5.74, 6) is 0.0946. The molecule has 0 amide bonds. The maximum absolute atomic E-state index is 10.8. The minimum absolute atomic E-state index is 0.147. The van der Waals surface area contributed by atoms with E-state index >= 15 is 0 Å². The molecule has 142 valence electrons. The Morgan fingerprint density at radius 1 is 1.11 bits per heavy atom. The molecule has 27 heavy (non-hydrogen) atoms. The number of allylic oxidation sites excluding steroid dienone is 1. The van der Waals surface area contributed by atoms with Crippen molar-refractivity contribution < 1.29 is 14.6 Å². The van der Waals surface area contributed by atoms with Gasteiger partial charge in [-0.25, -0.2) is 0 Å². The first-order valence-electron chi connectivity index (χ1n) is 9.37. The minimum atomic E-state index is -0.771. The second kappa shape index (κ2) is 8.62. The second-order valence-corrected chi connectivity index (χ2v) is 7.48. The Morgan fingerprint density at radius 2 is 1.89 bits per heavy atom. The van der Waals surface area contributed by atoms with Crippen molar-refractivity contribution in [2.75, 3.05) is 6.61 Å². The van der Waals surface area contributed by atoms with E-state index in [0.717, 1.165) is 52.3 Å². The fourth-order valence-electron chi connectivity index (χ4n) is 3.68. The molecule has 0 saturated carbocycles. The van der Waals surface area contributed by atoms with Crippen LogP contribution in [-0.2, 0) is 11.2 Å². The number of ether oxygens (including phenoxy) is 1. The molecule has 0 atom stereocenters. The molecule has 0 aliphatic heterocycles. The first-order valence-corrected chi connectivity index (χ1v) is 9.74. The molecule has 0 aromatic heterocycles. The van der Waals surface area contributed by atoms with Crippen LogP contribution in [0.4, 0.5) is 0 Å². The summed E-state index contributed by atoms with van der Waals surface area (Å²) in [6, 6.07) is 11.9. The molecule has 1 aliphatic rings. The summed E-state index contributed by atoms with van der Waals surface area (Å²) in [6.07, 6.45) is 3.90. The summed E-state index contributed by atoms with van der Waals surface area (Å²) < 4.78 is 6.16. The van der Waals surface area contributed by atoms with Crippen LogP contribution in [0, 0.1) is 13.8 Å². The highest BCUT2D eigenvalue weighted by molar-refractivity contribution is 6.32. The van der Waals surface area contributed by atoms with Crippen LogP contribution in [0.5, 0.6) is 5.75 Å². The van der Waals surface area contributed by atoms with Crippen LogP contribution in [0.25, 0.3) is 5.57 Å². The van der Waals surface area contributed by atoms with E-state index < -0.39 is 5.97 Å². The lowest BCUT2D eigenvalue weighted by Crippen LogP contribution is -2.05. The SMILES string of the molecule is Cc1c(CCC(=O)O)ccc(OCC2=C(c3ccccc3Cl)CCC2)c1C. The Balaban J connectivity index is 1.76. The molecule has 4 heteroatoms. The number of aryl methyl sites for hydroxylation is 1. The third-order valence-corrected chi connectivity index (χ3v) is 5.72. The highest BCUT2D eigenvalue weighted by Crippen LogP contribution is 2.37. The van der Waals surface area contributed by atoms with E-state index in [1.54, 1.807) is 0 Å². The van der Waals surface area contributed by atoms with E-state index in [4.69, 9.17) is 21.4 Å². The first-order chi connectivity index (χ1) is 13.0. The zero-order valence-corrected chi connectivity index (χ0v) is 16.6. The standard InChI is InChI=1S/C23H25ClO3/c1-15-16(2)22(12-10-17(15)11-13-23(25)26)27-14-18-6-5-8-19(18)20-7-3-4-9-21(20)24/h3-4,7,9-10,12H,5-6,8,11,13-14H2,1-2H3,(H,25,26). The van der Waals surface area contributed by atoms with Gasteiger partial charge in [-0.05, 0) is 85.1 Å². The van der Waals surface area contributed by atoms with Crippen LogP contribution < -0.4 is 4.74 Å². The van der Waals surface area contributed by atoms with Gasteiger partial charge in [0.25, 0.3) is 0 Å². The number of halogens is 1. The summed E-state index contributed by atoms with van der Waals surface area (Å²) in [6.45, 7) is 4.63. The lowest BCUT2D eigenvalue weighted by molar-refractivity contribution is -0.136. The minimum Gasteiger partial charge on any atom is -0.489 e. The van der Waals surface area contributed by atoms with Crippen LogP contribution in [0.15, 0.2) is 42.0 Å². The van der Waals surface area contributed by atoms with Gasteiger partial charge in [0.05, 0.1) is 0 Å². The monoisotopic (exact) mass is 384 g/mol. The van der Waals surface area contributed by atoms with Crippen molar-refractivity contribution in [3.63, 3.8) is 0 Å². The lowest BCUT2D eigenvalue weighted by atomic mass is 9.99. The normalized spacial score (nSPS) is 13.9. The number of aliphatic carboxylic acids is 1. The molecule has 0 bridgehead atoms. The third-order valence-electron chi connectivity index (χ3n) is 5.39. The summed E-state index contributed by atoms with van der Waals surface area (Å²) in [7, 11) is 0. The van der Waals surface area contributed by atoms with Gasteiger partial charge in [0.2, 0.25) is 0 Å². The molecule has 0 radical (unpaired) electrons. The summed E-state index contributed by atoms with van der Waals surface area (Å²) in [5.41, 5.74) is 7.01. The van der Waals surface area contributed by atoms with Gasteiger partial charge in [0.1, 0.15) is 12.4 Å². The molecular weight excluding hydrogens is 360 g/mol. The van der Waals surface area contributed by atoms with E-state index in [1.807, 2.05) is 44.2 Å². The van der Waals surface area contributed by atoms with Crippen molar-refractivity contribution in [2.45, 2.75) is 46.0 Å². The number of hydrogen-bond donors (Lipinski definition) is 1. The van der Waals surface area contributed by atoms with E-state index in [2.05, 4.69) is 6.07 Å². The molecule has 3 nitrogen and oxygen atoms in total. The molecule has 2 aromatic rings. The van der Waals surface area contributed by atoms with Crippen molar-refractivity contribution in [3.8, 4) is 5.75 Å². The van der Waals surface area contributed by atoms with Crippen LogP contribution in [0.3, 0.4) is 0 Å². The van der Waals surface area contributed by atoms with Crippen molar-refractivity contribution in [1.29, 1.82) is 0 Å². The van der Waals surface area contributed by atoms with Gasteiger partial charge >= 0.3 is 5.97 Å². The number of carboxylic acid groups (broad SMARTS) is 1. The van der Waals surface area contributed by atoms with E-state index in [9.17, 15) is 4.79 Å². The fraction of sp³-hybridized carbons (Fsp3) is 0.348. The van der Waals surface area contributed by atoms with Crippen LogP contribution in [0.1, 0.15) is 47.9 Å². The molecular formula is C23H25ClO3. The summed E-state index contributed by atoms with van der Waals surface area (Å²) in [4.78, 5) is 10.8. The molecule has 2 aromatic carbocycles. The number of carboxylic acids is 1.